The van der Waals surface area contributed by atoms with Gasteiger partial charge in [-0.15, -0.1) is 0 Å². The van der Waals surface area contributed by atoms with Crippen molar-refractivity contribution in [2.45, 2.75) is 13.3 Å². The Morgan fingerprint density at radius 2 is 1.85 bits per heavy atom. The Balaban J connectivity index is 1.99. The van der Waals surface area contributed by atoms with Crippen LogP contribution in [0.4, 0.5) is 5.69 Å². The molecule has 0 atom stereocenters. The number of carbonyl (C=O) groups is 2. The Kier molecular flexibility index (Phi) is 5.88. The van der Waals surface area contributed by atoms with E-state index in [0.717, 1.165) is 6.42 Å². The summed E-state index contributed by atoms with van der Waals surface area (Å²) < 4.78 is 5.70. The normalized spacial score (nSPS) is 15.9. The van der Waals surface area contributed by atoms with Crippen molar-refractivity contribution in [1.29, 1.82) is 0 Å². The Morgan fingerprint density at radius 1 is 1.15 bits per heavy atom. The van der Waals surface area contributed by atoms with Crippen LogP contribution in [0, 0.1) is 0 Å². The van der Waals surface area contributed by atoms with E-state index in [-0.39, 0.29) is 10.7 Å². The highest BCUT2D eigenvalue weighted by Gasteiger charge is 2.34. The molecule has 0 aliphatic carbocycles. The number of halogens is 1. The van der Waals surface area contributed by atoms with Gasteiger partial charge in [0.25, 0.3) is 11.8 Å². The number of ether oxygens (including phenoxy) is 1. The van der Waals surface area contributed by atoms with Crippen molar-refractivity contribution >= 4 is 52.5 Å². The fourth-order valence-corrected chi connectivity index (χ4v) is 2.99. The van der Waals surface area contributed by atoms with E-state index in [4.69, 9.17) is 28.6 Å². The molecule has 0 aromatic heterocycles. The number of amides is 2. The molecular formula is C20H17ClN2O3S. The summed E-state index contributed by atoms with van der Waals surface area (Å²) >= 11 is 11.1. The van der Waals surface area contributed by atoms with E-state index < -0.39 is 11.8 Å². The molecule has 2 aromatic rings. The van der Waals surface area contributed by atoms with Gasteiger partial charge in [0.2, 0.25) is 0 Å². The topological polar surface area (TPSA) is 58.6 Å². The maximum absolute atomic E-state index is 13.0. The standard InChI is InChI=1S/C20H17ClN2O3S/c1-2-11-26-17-6-4-3-5-13(17)12-16-18(24)22-20(27)23(19(16)25)15-9-7-14(21)8-10-15/h3-10,12H,2,11H2,1H3,(H,22,24,27). The Labute approximate surface area is 167 Å². The third-order valence-electron chi connectivity index (χ3n) is 3.87. The lowest BCUT2D eigenvalue weighted by atomic mass is 10.1. The minimum Gasteiger partial charge on any atom is -0.493 e. The van der Waals surface area contributed by atoms with Crippen LogP contribution in [0.25, 0.3) is 6.08 Å². The average Bonchev–Trinajstić information content (AvgIpc) is 2.65. The minimum absolute atomic E-state index is 0.0221. The molecule has 3 rings (SSSR count). The SMILES string of the molecule is CCCOc1ccccc1C=C1C(=O)NC(=S)N(c2ccc(Cl)cc2)C1=O. The van der Waals surface area contributed by atoms with Crippen LogP contribution < -0.4 is 15.0 Å². The van der Waals surface area contributed by atoms with Crippen LogP contribution in [-0.2, 0) is 9.59 Å². The van der Waals surface area contributed by atoms with Crippen LogP contribution in [0.2, 0.25) is 5.02 Å². The van der Waals surface area contributed by atoms with Crippen LogP contribution in [0.1, 0.15) is 18.9 Å². The summed E-state index contributed by atoms with van der Waals surface area (Å²) in [5, 5.41) is 3.13. The van der Waals surface area contributed by atoms with Crippen molar-refractivity contribution in [1.82, 2.24) is 5.32 Å². The molecule has 1 fully saturated rings. The quantitative estimate of drug-likeness (QED) is 0.469. The molecule has 2 amide bonds. The first-order chi connectivity index (χ1) is 13.0. The molecule has 138 valence electrons. The summed E-state index contributed by atoms with van der Waals surface area (Å²) in [7, 11) is 0. The Hall–Kier alpha value is -2.70. The van der Waals surface area contributed by atoms with Crippen molar-refractivity contribution in [3.8, 4) is 5.75 Å². The molecule has 7 heteroatoms. The van der Waals surface area contributed by atoms with Gasteiger partial charge in [0.1, 0.15) is 11.3 Å². The molecule has 5 nitrogen and oxygen atoms in total. The Morgan fingerprint density at radius 3 is 2.56 bits per heavy atom. The first-order valence-corrected chi connectivity index (χ1v) is 9.18. The van der Waals surface area contributed by atoms with Gasteiger partial charge in [-0.05, 0) is 55.0 Å². The van der Waals surface area contributed by atoms with Gasteiger partial charge in [0, 0.05) is 10.6 Å². The third kappa shape index (κ3) is 4.18. The van der Waals surface area contributed by atoms with Crippen molar-refractivity contribution in [3.63, 3.8) is 0 Å². The number of nitrogens with one attached hydrogen (secondary N) is 1. The van der Waals surface area contributed by atoms with Gasteiger partial charge in [-0.3, -0.25) is 19.8 Å². The monoisotopic (exact) mass is 400 g/mol. The molecule has 1 aliphatic rings. The van der Waals surface area contributed by atoms with Crippen molar-refractivity contribution in [2.75, 3.05) is 11.5 Å². The van der Waals surface area contributed by atoms with E-state index in [0.29, 0.717) is 28.6 Å². The van der Waals surface area contributed by atoms with Gasteiger partial charge in [-0.25, -0.2) is 0 Å². The minimum atomic E-state index is -0.541. The second kappa shape index (κ2) is 8.33. The van der Waals surface area contributed by atoms with Crippen LogP contribution in [0.3, 0.4) is 0 Å². The molecule has 0 spiro atoms. The highest BCUT2D eigenvalue weighted by Crippen LogP contribution is 2.26. The second-order valence-electron chi connectivity index (χ2n) is 5.82. The van der Waals surface area contributed by atoms with Crippen molar-refractivity contribution in [2.24, 2.45) is 0 Å². The largest absolute Gasteiger partial charge is 0.493 e. The van der Waals surface area contributed by atoms with E-state index >= 15 is 0 Å². The number of anilines is 1. The molecule has 1 N–H and O–H groups in total. The summed E-state index contributed by atoms with van der Waals surface area (Å²) in [6, 6.07) is 13.9. The zero-order valence-electron chi connectivity index (χ0n) is 14.6. The number of para-hydroxylation sites is 1. The van der Waals surface area contributed by atoms with E-state index in [1.807, 2.05) is 19.1 Å². The first kappa shape index (κ1) is 19.1. The smallest absolute Gasteiger partial charge is 0.270 e. The van der Waals surface area contributed by atoms with Crippen molar-refractivity contribution < 1.29 is 14.3 Å². The fraction of sp³-hybridized carbons (Fsp3) is 0.150. The van der Waals surface area contributed by atoms with Crippen LogP contribution in [0.15, 0.2) is 54.1 Å². The second-order valence-corrected chi connectivity index (χ2v) is 6.64. The molecule has 1 aliphatic heterocycles. The fourth-order valence-electron chi connectivity index (χ4n) is 2.58. The van der Waals surface area contributed by atoms with Gasteiger partial charge in [0.05, 0.1) is 12.3 Å². The lowest BCUT2D eigenvalue weighted by molar-refractivity contribution is -0.122. The van der Waals surface area contributed by atoms with Gasteiger partial charge >= 0.3 is 0 Å². The third-order valence-corrected chi connectivity index (χ3v) is 4.40. The van der Waals surface area contributed by atoms with Gasteiger partial charge in [-0.2, -0.15) is 0 Å². The molecule has 2 aromatic carbocycles. The zero-order valence-corrected chi connectivity index (χ0v) is 16.1. The number of rotatable bonds is 5. The summed E-state index contributed by atoms with van der Waals surface area (Å²) in [5.41, 5.74) is 1.15. The average molecular weight is 401 g/mol. The molecule has 1 heterocycles. The van der Waals surface area contributed by atoms with E-state index in [9.17, 15) is 9.59 Å². The number of thiocarbonyl (C=S) groups is 1. The highest BCUT2D eigenvalue weighted by molar-refractivity contribution is 7.80. The van der Waals surface area contributed by atoms with Crippen LogP contribution >= 0.6 is 23.8 Å². The lowest BCUT2D eigenvalue weighted by Crippen LogP contribution is -2.54. The molecule has 0 radical (unpaired) electrons. The maximum Gasteiger partial charge on any atom is 0.270 e. The van der Waals surface area contributed by atoms with Crippen molar-refractivity contribution in [3.05, 3.63) is 64.7 Å². The van der Waals surface area contributed by atoms with E-state index in [1.54, 1.807) is 36.4 Å². The summed E-state index contributed by atoms with van der Waals surface area (Å²) in [4.78, 5) is 26.7. The molecule has 0 saturated carbocycles. The maximum atomic E-state index is 13.0. The number of hydrogen-bond donors (Lipinski definition) is 1. The van der Waals surface area contributed by atoms with E-state index in [1.165, 1.54) is 11.0 Å². The van der Waals surface area contributed by atoms with Gasteiger partial charge < -0.3 is 4.74 Å². The lowest BCUT2D eigenvalue weighted by Gasteiger charge is -2.29. The van der Waals surface area contributed by atoms with Crippen LogP contribution in [0.5, 0.6) is 5.75 Å². The zero-order chi connectivity index (χ0) is 19.4. The molecule has 0 unspecified atom stereocenters. The molecule has 0 bridgehead atoms. The number of carbonyl (C=O) groups excluding carboxylic acids is 2. The first-order valence-electron chi connectivity index (χ1n) is 8.40. The predicted molar refractivity (Wildman–Crippen MR) is 110 cm³/mol. The number of hydrogen-bond acceptors (Lipinski definition) is 4. The summed E-state index contributed by atoms with van der Waals surface area (Å²) in [6.45, 7) is 2.55. The molecule has 1 saturated heterocycles. The number of benzene rings is 2. The summed E-state index contributed by atoms with van der Waals surface area (Å²) in [5.74, 6) is -0.435. The van der Waals surface area contributed by atoms with E-state index in [2.05, 4.69) is 5.32 Å². The van der Waals surface area contributed by atoms with Gasteiger partial charge in [0.15, 0.2) is 5.11 Å². The van der Waals surface area contributed by atoms with Crippen LogP contribution in [-0.4, -0.2) is 23.5 Å². The molecular weight excluding hydrogens is 384 g/mol. The summed E-state index contributed by atoms with van der Waals surface area (Å²) in [6.07, 6.45) is 2.37. The highest BCUT2D eigenvalue weighted by atomic mass is 35.5. The number of nitrogens with zero attached hydrogens (tertiary/aromatic N) is 1. The van der Waals surface area contributed by atoms with Gasteiger partial charge in [-0.1, -0.05) is 36.7 Å². The Bertz CT molecular complexity index is 925. The predicted octanol–water partition coefficient (Wildman–Crippen LogP) is 3.96. The molecule has 27 heavy (non-hydrogen) atoms.